The summed E-state index contributed by atoms with van der Waals surface area (Å²) in [7, 11) is 0. The van der Waals surface area contributed by atoms with Crippen LogP contribution in [-0.4, -0.2) is 37.2 Å². The number of hydrogen-bond donors (Lipinski definition) is 2. The normalized spacial score (nSPS) is 11.4. The van der Waals surface area contributed by atoms with Gasteiger partial charge in [-0.25, -0.2) is 9.97 Å². The summed E-state index contributed by atoms with van der Waals surface area (Å²) >= 11 is 6.15. The zero-order valence-corrected chi connectivity index (χ0v) is 15.8. The fraction of sp³-hybridized carbons (Fsp3) is 0.263. The third kappa shape index (κ3) is 3.04. The van der Waals surface area contributed by atoms with Gasteiger partial charge in [-0.2, -0.15) is 5.10 Å². The average molecular weight is 383 g/mol. The van der Waals surface area contributed by atoms with E-state index < -0.39 is 0 Å². The Kier molecular flexibility index (Phi) is 4.53. The largest absolute Gasteiger partial charge is 0.352 e. The molecule has 4 rings (SSSR count). The van der Waals surface area contributed by atoms with E-state index in [1.54, 1.807) is 12.4 Å². The second-order valence-electron chi connectivity index (χ2n) is 6.24. The number of carbonyl (C=O) groups is 1. The van der Waals surface area contributed by atoms with Crippen LogP contribution in [0.25, 0.3) is 33.5 Å². The highest BCUT2D eigenvalue weighted by Crippen LogP contribution is 2.29. The molecule has 0 radical (unpaired) electrons. The number of hydrogen-bond acceptors (Lipinski definition) is 4. The Balaban J connectivity index is 1.85. The summed E-state index contributed by atoms with van der Waals surface area (Å²) in [6.45, 7) is 5.36. The quantitative estimate of drug-likeness (QED) is 0.549. The smallest absolute Gasteiger partial charge is 0.255 e. The van der Waals surface area contributed by atoms with Crippen molar-refractivity contribution in [1.82, 2.24) is 30.0 Å². The number of aryl methyl sites for hydroxylation is 1. The van der Waals surface area contributed by atoms with Crippen molar-refractivity contribution in [3.05, 3.63) is 41.2 Å². The number of carbonyl (C=O) groups excluding carboxylic acids is 1. The van der Waals surface area contributed by atoms with Gasteiger partial charge in [-0.1, -0.05) is 18.5 Å². The van der Waals surface area contributed by atoms with Crippen LogP contribution < -0.4 is 5.32 Å². The number of benzene rings is 1. The average Bonchev–Trinajstić information content (AvgIpc) is 3.26. The van der Waals surface area contributed by atoms with E-state index in [-0.39, 0.29) is 5.91 Å². The van der Waals surface area contributed by atoms with Gasteiger partial charge in [-0.3, -0.25) is 9.48 Å². The van der Waals surface area contributed by atoms with Crippen molar-refractivity contribution in [2.24, 2.45) is 0 Å². The number of aromatic amines is 1. The summed E-state index contributed by atoms with van der Waals surface area (Å²) in [6, 6.07) is 5.66. The Bertz CT molecular complexity index is 1150. The van der Waals surface area contributed by atoms with Crippen molar-refractivity contribution in [2.75, 3.05) is 6.54 Å². The summed E-state index contributed by atoms with van der Waals surface area (Å²) in [5, 5.41) is 9.16. The highest BCUT2D eigenvalue weighted by molar-refractivity contribution is 6.31. The van der Waals surface area contributed by atoms with E-state index in [1.165, 1.54) is 0 Å². The molecule has 0 aliphatic rings. The minimum atomic E-state index is -0.162. The summed E-state index contributed by atoms with van der Waals surface area (Å²) in [5.74, 6) is -0.162. The van der Waals surface area contributed by atoms with Crippen LogP contribution in [0, 0.1) is 0 Å². The van der Waals surface area contributed by atoms with Gasteiger partial charge in [0.05, 0.1) is 17.3 Å². The van der Waals surface area contributed by atoms with Crippen molar-refractivity contribution >= 4 is 39.6 Å². The third-order valence-corrected chi connectivity index (χ3v) is 4.65. The molecule has 2 N–H and O–H groups in total. The summed E-state index contributed by atoms with van der Waals surface area (Å²) < 4.78 is 1.88. The number of aromatic nitrogens is 5. The van der Waals surface area contributed by atoms with Gasteiger partial charge in [-0.15, -0.1) is 0 Å². The van der Waals surface area contributed by atoms with E-state index >= 15 is 0 Å². The van der Waals surface area contributed by atoms with Crippen molar-refractivity contribution in [3.8, 4) is 11.4 Å². The first-order valence-electron chi connectivity index (χ1n) is 8.91. The van der Waals surface area contributed by atoms with Gasteiger partial charge < -0.3 is 10.3 Å². The van der Waals surface area contributed by atoms with Crippen LogP contribution in [-0.2, 0) is 6.54 Å². The molecule has 8 heteroatoms. The van der Waals surface area contributed by atoms with E-state index in [4.69, 9.17) is 16.6 Å². The molecule has 3 heterocycles. The van der Waals surface area contributed by atoms with Crippen LogP contribution >= 0.6 is 11.6 Å². The number of nitrogens with one attached hydrogen (secondary N) is 2. The van der Waals surface area contributed by atoms with Crippen molar-refractivity contribution in [1.29, 1.82) is 0 Å². The van der Waals surface area contributed by atoms with Crippen LogP contribution in [0.1, 0.15) is 30.6 Å². The Labute approximate surface area is 160 Å². The van der Waals surface area contributed by atoms with E-state index in [0.29, 0.717) is 40.5 Å². The summed E-state index contributed by atoms with van der Waals surface area (Å²) in [4.78, 5) is 24.5. The number of nitrogens with zero attached hydrogens (tertiary/aromatic N) is 4. The summed E-state index contributed by atoms with van der Waals surface area (Å²) in [6.07, 6.45) is 4.18. The lowest BCUT2D eigenvalue weighted by molar-refractivity contribution is 0.0955. The van der Waals surface area contributed by atoms with Crippen molar-refractivity contribution < 1.29 is 4.79 Å². The predicted octanol–water partition coefficient (Wildman–Crippen LogP) is 3.79. The number of rotatable bonds is 5. The van der Waals surface area contributed by atoms with Crippen LogP contribution in [0.5, 0.6) is 0 Å². The molecule has 27 heavy (non-hydrogen) atoms. The number of H-pyrrole nitrogens is 1. The van der Waals surface area contributed by atoms with Crippen molar-refractivity contribution in [3.63, 3.8) is 0 Å². The van der Waals surface area contributed by atoms with Gasteiger partial charge in [0.15, 0.2) is 5.65 Å². The minimum absolute atomic E-state index is 0.162. The first kappa shape index (κ1) is 17.5. The van der Waals surface area contributed by atoms with E-state index in [9.17, 15) is 4.79 Å². The Morgan fingerprint density at radius 1 is 1.33 bits per heavy atom. The van der Waals surface area contributed by atoms with Crippen LogP contribution in [0.2, 0.25) is 5.02 Å². The molecule has 0 bridgehead atoms. The highest BCUT2D eigenvalue weighted by atomic mass is 35.5. The molecule has 1 aromatic carbocycles. The van der Waals surface area contributed by atoms with Crippen molar-refractivity contribution in [2.45, 2.75) is 26.8 Å². The number of halogens is 1. The number of fused-ring (bicyclic) bond motifs is 2. The van der Waals surface area contributed by atoms with Crippen LogP contribution in [0.3, 0.4) is 0 Å². The maximum atomic E-state index is 12.4. The topological polar surface area (TPSA) is 88.5 Å². The summed E-state index contributed by atoms with van der Waals surface area (Å²) in [5.41, 5.74) is 3.87. The Morgan fingerprint density at radius 3 is 2.96 bits per heavy atom. The second-order valence-corrected chi connectivity index (χ2v) is 6.67. The van der Waals surface area contributed by atoms with Gasteiger partial charge in [-0.05, 0) is 31.5 Å². The van der Waals surface area contributed by atoms with Crippen LogP contribution in [0.15, 0.2) is 30.6 Å². The molecule has 0 aliphatic carbocycles. The molecule has 0 aliphatic heterocycles. The molecule has 7 nitrogen and oxygen atoms in total. The first-order chi connectivity index (χ1) is 13.1. The molecular formula is C19H19ClN6O. The standard InChI is InChI=1S/C19H19ClN6O/c1-3-7-21-19(27)13-9-22-18-17(13)24-14(10-23-18)16-12-6-5-11(20)8-15(12)26(4-2)25-16/h5-6,8-10H,3-4,7H2,1-2H3,(H,21,27)(H,22,23). The molecule has 0 saturated carbocycles. The molecule has 0 unspecified atom stereocenters. The van der Waals surface area contributed by atoms with E-state index in [0.717, 1.165) is 23.0 Å². The van der Waals surface area contributed by atoms with Gasteiger partial charge in [0.1, 0.15) is 16.9 Å². The lowest BCUT2D eigenvalue weighted by atomic mass is 10.1. The third-order valence-electron chi connectivity index (χ3n) is 4.42. The maximum absolute atomic E-state index is 12.4. The molecule has 3 aromatic heterocycles. The molecule has 0 fully saturated rings. The lowest BCUT2D eigenvalue weighted by Gasteiger charge is -2.02. The van der Waals surface area contributed by atoms with Gasteiger partial charge in [0.2, 0.25) is 0 Å². The fourth-order valence-electron chi connectivity index (χ4n) is 3.09. The fourth-order valence-corrected chi connectivity index (χ4v) is 3.26. The molecular weight excluding hydrogens is 364 g/mol. The second kappa shape index (κ2) is 7.00. The lowest BCUT2D eigenvalue weighted by Crippen LogP contribution is -2.23. The first-order valence-corrected chi connectivity index (χ1v) is 9.29. The Hall–Kier alpha value is -2.93. The molecule has 0 saturated heterocycles. The molecule has 1 amide bonds. The van der Waals surface area contributed by atoms with E-state index in [1.807, 2.05) is 36.7 Å². The molecule has 138 valence electrons. The SMILES string of the molecule is CCCNC(=O)c1c[nH]c2ncc(-c3nn(CC)c4cc(Cl)ccc34)nc12. The van der Waals surface area contributed by atoms with Crippen LogP contribution in [0.4, 0.5) is 0 Å². The molecule has 0 spiro atoms. The maximum Gasteiger partial charge on any atom is 0.255 e. The number of amides is 1. The molecule has 4 aromatic rings. The van der Waals surface area contributed by atoms with Gasteiger partial charge >= 0.3 is 0 Å². The monoisotopic (exact) mass is 382 g/mol. The van der Waals surface area contributed by atoms with E-state index in [2.05, 4.69) is 20.4 Å². The molecule has 0 atom stereocenters. The minimum Gasteiger partial charge on any atom is -0.352 e. The Morgan fingerprint density at radius 2 is 2.19 bits per heavy atom. The van der Waals surface area contributed by atoms with Gasteiger partial charge in [0, 0.05) is 29.7 Å². The zero-order chi connectivity index (χ0) is 19.0. The predicted molar refractivity (Wildman–Crippen MR) is 106 cm³/mol. The zero-order valence-electron chi connectivity index (χ0n) is 15.1. The van der Waals surface area contributed by atoms with Gasteiger partial charge in [0.25, 0.3) is 5.91 Å². The highest BCUT2D eigenvalue weighted by Gasteiger charge is 2.18.